The van der Waals surface area contributed by atoms with Gasteiger partial charge in [0.2, 0.25) is 0 Å². The summed E-state index contributed by atoms with van der Waals surface area (Å²) in [5, 5.41) is 0. The molecule has 0 saturated carbocycles. The van der Waals surface area contributed by atoms with Crippen molar-refractivity contribution in [1.29, 1.82) is 0 Å². The van der Waals surface area contributed by atoms with Crippen molar-refractivity contribution in [1.82, 2.24) is 0 Å². The average Bonchev–Trinajstić information content (AvgIpc) is 2.27. The van der Waals surface area contributed by atoms with Crippen molar-refractivity contribution in [2.24, 2.45) is 5.73 Å². The lowest BCUT2D eigenvalue weighted by molar-refractivity contribution is 0.352. The molecule has 0 radical (unpaired) electrons. The van der Waals surface area contributed by atoms with Crippen LogP contribution in [0.3, 0.4) is 0 Å². The molecule has 0 fully saturated rings. The molecule has 1 aliphatic carbocycles. The molecule has 0 heterocycles. The Bertz CT molecular complexity index is 322. The second-order valence-corrected chi connectivity index (χ2v) is 3.94. The fraction of sp³-hybridized carbons (Fsp3) is 0.500. The zero-order valence-electron chi connectivity index (χ0n) is 8.30. The first-order valence-electron chi connectivity index (χ1n) is 5.27. The van der Waals surface area contributed by atoms with Crippen molar-refractivity contribution in [2.45, 2.75) is 31.9 Å². The van der Waals surface area contributed by atoms with Crippen LogP contribution in [0.15, 0.2) is 18.2 Å². The highest BCUT2D eigenvalue weighted by Gasteiger charge is 2.13. The summed E-state index contributed by atoms with van der Waals surface area (Å²) in [5.41, 5.74) is 8.77. The Morgan fingerprint density at radius 3 is 2.64 bits per heavy atom. The third kappa shape index (κ3) is 1.80. The van der Waals surface area contributed by atoms with Crippen molar-refractivity contribution in [3.63, 3.8) is 0 Å². The SMILES string of the molecule is NCC(F)c1ccc2c(c1)CCCC2. The van der Waals surface area contributed by atoms with Gasteiger partial charge < -0.3 is 5.73 Å². The maximum Gasteiger partial charge on any atom is 0.137 e. The van der Waals surface area contributed by atoms with E-state index in [1.807, 2.05) is 12.1 Å². The summed E-state index contributed by atoms with van der Waals surface area (Å²) in [7, 11) is 0. The van der Waals surface area contributed by atoms with Gasteiger partial charge in [0.25, 0.3) is 0 Å². The van der Waals surface area contributed by atoms with Crippen LogP contribution in [0.5, 0.6) is 0 Å². The minimum absolute atomic E-state index is 0.0821. The van der Waals surface area contributed by atoms with Crippen molar-refractivity contribution in [3.05, 3.63) is 34.9 Å². The Kier molecular flexibility index (Phi) is 2.82. The van der Waals surface area contributed by atoms with Crippen LogP contribution in [-0.2, 0) is 12.8 Å². The summed E-state index contributed by atoms with van der Waals surface area (Å²) in [6.07, 6.45) is 3.75. The molecule has 0 aromatic heterocycles. The summed E-state index contributed by atoms with van der Waals surface area (Å²) in [6.45, 7) is 0.0821. The number of alkyl halides is 1. The van der Waals surface area contributed by atoms with Gasteiger partial charge in [-0.1, -0.05) is 18.2 Å². The molecule has 0 spiro atoms. The zero-order valence-corrected chi connectivity index (χ0v) is 8.30. The van der Waals surface area contributed by atoms with Gasteiger partial charge in [0.1, 0.15) is 6.17 Å². The fourth-order valence-corrected chi connectivity index (χ4v) is 2.08. The number of benzene rings is 1. The standard InChI is InChI=1S/C12H16FN/c13-12(8-14)11-6-5-9-3-1-2-4-10(9)7-11/h5-7,12H,1-4,8,14H2. The van der Waals surface area contributed by atoms with E-state index in [4.69, 9.17) is 5.73 Å². The lowest BCUT2D eigenvalue weighted by Crippen LogP contribution is -2.09. The summed E-state index contributed by atoms with van der Waals surface area (Å²) in [5.74, 6) is 0. The van der Waals surface area contributed by atoms with Crippen LogP contribution in [0.1, 0.15) is 35.7 Å². The minimum atomic E-state index is -0.998. The van der Waals surface area contributed by atoms with E-state index < -0.39 is 6.17 Å². The molecule has 0 amide bonds. The van der Waals surface area contributed by atoms with Gasteiger partial charge in [-0.3, -0.25) is 0 Å². The zero-order chi connectivity index (χ0) is 9.97. The average molecular weight is 193 g/mol. The second kappa shape index (κ2) is 4.09. The Balaban J connectivity index is 2.29. The lowest BCUT2D eigenvalue weighted by atomic mass is 9.90. The van der Waals surface area contributed by atoms with E-state index in [2.05, 4.69) is 6.07 Å². The second-order valence-electron chi connectivity index (χ2n) is 3.94. The van der Waals surface area contributed by atoms with Crippen molar-refractivity contribution < 1.29 is 4.39 Å². The van der Waals surface area contributed by atoms with Gasteiger partial charge in [0.05, 0.1) is 0 Å². The number of nitrogens with two attached hydrogens (primary N) is 1. The van der Waals surface area contributed by atoms with Gasteiger partial charge in [-0.15, -0.1) is 0 Å². The normalized spacial score (nSPS) is 17.6. The predicted molar refractivity (Wildman–Crippen MR) is 56.0 cm³/mol. The van der Waals surface area contributed by atoms with Gasteiger partial charge in [0, 0.05) is 6.54 Å². The number of fused-ring (bicyclic) bond motifs is 1. The highest BCUT2D eigenvalue weighted by Crippen LogP contribution is 2.25. The number of halogens is 1. The van der Waals surface area contributed by atoms with Crippen LogP contribution >= 0.6 is 0 Å². The summed E-state index contributed by atoms with van der Waals surface area (Å²) in [4.78, 5) is 0. The number of hydrogen-bond donors (Lipinski definition) is 1. The Labute approximate surface area is 84.1 Å². The van der Waals surface area contributed by atoms with Crippen LogP contribution in [0.4, 0.5) is 4.39 Å². The molecule has 1 nitrogen and oxygen atoms in total. The molecule has 1 unspecified atom stereocenters. The summed E-state index contributed by atoms with van der Waals surface area (Å²) in [6, 6.07) is 5.93. The maximum atomic E-state index is 13.3. The first-order valence-corrected chi connectivity index (χ1v) is 5.27. The Morgan fingerprint density at radius 2 is 1.93 bits per heavy atom. The van der Waals surface area contributed by atoms with Crippen LogP contribution in [-0.4, -0.2) is 6.54 Å². The molecule has 14 heavy (non-hydrogen) atoms. The van der Waals surface area contributed by atoms with E-state index in [-0.39, 0.29) is 6.54 Å². The molecule has 76 valence electrons. The van der Waals surface area contributed by atoms with Gasteiger partial charge in [0.15, 0.2) is 0 Å². The van der Waals surface area contributed by atoms with Crippen LogP contribution < -0.4 is 5.73 Å². The lowest BCUT2D eigenvalue weighted by Gasteiger charge is -2.17. The van der Waals surface area contributed by atoms with E-state index in [0.717, 1.165) is 18.4 Å². The van der Waals surface area contributed by atoms with Crippen LogP contribution in [0, 0.1) is 0 Å². The Hall–Kier alpha value is -0.890. The largest absolute Gasteiger partial charge is 0.327 e. The molecule has 2 N–H and O–H groups in total. The first kappa shape index (κ1) is 9.66. The molecule has 1 aromatic carbocycles. The molecule has 1 aliphatic rings. The molecule has 2 rings (SSSR count). The van der Waals surface area contributed by atoms with Gasteiger partial charge in [-0.25, -0.2) is 4.39 Å². The topological polar surface area (TPSA) is 26.0 Å². The highest BCUT2D eigenvalue weighted by atomic mass is 19.1. The van der Waals surface area contributed by atoms with Gasteiger partial charge in [-0.2, -0.15) is 0 Å². The maximum absolute atomic E-state index is 13.3. The molecule has 0 aliphatic heterocycles. The number of aryl methyl sites for hydroxylation is 2. The third-order valence-corrected chi connectivity index (χ3v) is 2.94. The van der Waals surface area contributed by atoms with Gasteiger partial charge >= 0.3 is 0 Å². The smallest absolute Gasteiger partial charge is 0.137 e. The van der Waals surface area contributed by atoms with E-state index in [0.29, 0.717) is 0 Å². The van der Waals surface area contributed by atoms with Crippen molar-refractivity contribution in [2.75, 3.05) is 6.54 Å². The monoisotopic (exact) mass is 193 g/mol. The van der Waals surface area contributed by atoms with E-state index in [1.54, 1.807) is 0 Å². The molecule has 1 aromatic rings. The quantitative estimate of drug-likeness (QED) is 0.767. The van der Waals surface area contributed by atoms with E-state index >= 15 is 0 Å². The molecule has 1 atom stereocenters. The molecular weight excluding hydrogens is 177 g/mol. The van der Waals surface area contributed by atoms with Crippen molar-refractivity contribution in [3.8, 4) is 0 Å². The third-order valence-electron chi connectivity index (χ3n) is 2.94. The molecular formula is C12H16FN. The first-order chi connectivity index (χ1) is 6.81. The van der Waals surface area contributed by atoms with Crippen LogP contribution in [0.2, 0.25) is 0 Å². The number of hydrogen-bond acceptors (Lipinski definition) is 1. The highest BCUT2D eigenvalue weighted by molar-refractivity contribution is 5.34. The van der Waals surface area contributed by atoms with E-state index in [9.17, 15) is 4.39 Å². The summed E-state index contributed by atoms with van der Waals surface area (Å²) < 4.78 is 13.3. The summed E-state index contributed by atoms with van der Waals surface area (Å²) >= 11 is 0. The molecule has 0 bridgehead atoms. The number of rotatable bonds is 2. The van der Waals surface area contributed by atoms with Crippen molar-refractivity contribution >= 4 is 0 Å². The van der Waals surface area contributed by atoms with E-state index in [1.165, 1.54) is 24.0 Å². The predicted octanol–water partition coefficient (Wildman–Crippen LogP) is 2.53. The molecule has 0 saturated heterocycles. The fourth-order valence-electron chi connectivity index (χ4n) is 2.08. The minimum Gasteiger partial charge on any atom is -0.327 e. The molecule has 2 heteroatoms. The van der Waals surface area contributed by atoms with Gasteiger partial charge in [-0.05, 0) is 42.4 Å². The van der Waals surface area contributed by atoms with Crippen LogP contribution in [0.25, 0.3) is 0 Å². The Morgan fingerprint density at radius 1 is 1.21 bits per heavy atom.